The van der Waals surface area contributed by atoms with E-state index in [1.54, 1.807) is 19.5 Å². The highest BCUT2D eigenvalue weighted by Gasteiger charge is 2.41. The second-order valence-corrected chi connectivity index (χ2v) is 9.25. The molecule has 34 heavy (non-hydrogen) atoms. The molecule has 3 aromatic rings. The summed E-state index contributed by atoms with van der Waals surface area (Å²) in [6.07, 6.45) is 8.25. The summed E-state index contributed by atoms with van der Waals surface area (Å²) >= 11 is 0. The lowest BCUT2D eigenvalue weighted by Crippen LogP contribution is -2.51. The zero-order chi connectivity index (χ0) is 23.4. The van der Waals surface area contributed by atoms with Crippen LogP contribution in [0.2, 0.25) is 0 Å². The fraction of sp³-hybridized carbons (Fsp3) is 0.462. The van der Waals surface area contributed by atoms with E-state index in [1.165, 1.54) is 0 Å². The third-order valence-corrected chi connectivity index (χ3v) is 6.98. The van der Waals surface area contributed by atoms with Crippen LogP contribution in [0.1, 0.15) is 37.1 Å². The number of carbonyl (C=O) groups excluding carboxylic acids is 1. The van der Waals surface area contributed by atoms with E-state index in [0.29, 0.717) is 24.1 Å². The predicted octanol–water partition coefficient (Wildman–Crippen LogP) is 3.71. The number of carbonyl (C=O) groups is 1. The van der Waals surface area contributed by atoms with E-state index in [9.17, 15) is 4.79 Å². The zero-order valence-corrected chi connectivity index (χ0v) is 19.5. The second kappa shape index (κ2) is 9.93. The Labute approximate surface area is 199 Å². The van der Waals surface area contributed by atoms with Gasteiger partial charge in [-0.15, -0.1) is 0 Å². The minimum atomic E-state index is -0.163. The molecule has 1 atom stereocenters. The number of piperidine rings is 1. The van der Waals surface area contributed by atoms with Crippen molar-refractivity contribution in [3.63, 3.8) is 0 Å². The number of amides is 1. The van der Waals surface area contributed by atoms with Gasteiger partial charge in [0.25, 0.3) is 0 Å². The quantitative estimate of drug-likeness (QED) is 0.551. The molecule has 1 unspecified atom stereocenters. The van der Waals surface area contributed by atoms with E-state index >= 15 is 0 Å². The molecular formula is C26H30N4O4. The number of ether oxygens (including phenoxy) is 2. The summed E-state index contributed by atoms with van der Waals surface area (Å²) in [5.74, 6) is 2.63. The number of likely N-dealkylation sites (tertiary alicyclic amines) is 1. The van der Waals surface area contributed by atoms with Gasteiger partial charge in [-0.3, -0.25) is 9.78 Å². The van der Waals surface area contributed by atoms with E-state index in [0.717, 1.165) is 68.7 Å². The topological polar surface area (TPSA) is 90.6 Å². The molecule has 1 amide bonds. The average Bonchev–Trinajstić information content (AvgIpc) is 3.33. The first-order chi connectivity index (χ1) is 16.6. The number of hydrogen-bond acceptors (Lipinski definition) is 7. The van der Waals surface area contributed by atoms with E-state index in [1.807, 2.05) is 41.3 Å². The lowest BCUT2D eigenvalue weighted by Gasteiger charge is -2.46. The van der Waals surface area contributed by atoms with Crippen LogP contribution in [-0.2, 0) is 22.4 Å². The Morgan fingerprint density at radius 2 is 2.03 bits per heavy atom. The van der Waals surface area contributed by atoms with Crippen LogP contribution in [0.3, 0.4) is 0 Å². The summed E-state index contributed by atoms with van der Waals surface area (Å²) in [6.45, 7) is 2.18. The molecule has 0 bridgehead atoms. The van der Waals surface area contributed by atoms with Crippen LogP contribution in [0.25, 0.3) is 11.4 Å². The summed E-state index contributed by atoms with van der Waals surface area (Å²) < 4.78 is 17.1. The maximum Gasteiger partial charge on any atom is 0.227 e. The van der Waals surface area contributed by atoms with E-state index in [2.05, 4.69) is 15.1 Å². The molecule has 8 nitrogen and oxygen atoms in total. The zero-order valence-electron chi connectivity index (χ0n) is 19.5. The van der Waals surface area contributed by atoms with Gasteiger partial charge in [0.2, 0.25) is 17.6 Å². The van der Waals surface area contributed by atoms with Gasteiger partial charge in [-0.25, -0.2) is 0 Å². The molecule has 0 saturated carbocycles. The van der Waals surface area contributed by atoms with Crippen LogP contribution in [0, 0.1) is 5.92 Å². The monoisotopic (exact) mass is 462 g/mol. The van der Waals surface area contributed by atoms with Crippen molar-refractivity contribution in [2.75, 3.05) is 26.8 Å². The minimum Gasteiger partial charge on any atom is -0.497 e. The van der Waals surface area contributed by atoms with Gasteiger partial charge in [-0.1, -0.05) is 17.3 Å². The van der Waals surface area contributed by atoms with Crippen LogP contribution in [0.15, 0.2) is 53.3 Å². The summed E-state index contributed by atoms with van der Waals surface area (Å²) in [7, 11) is 1.64. The largest absolute Gasteiger partial charge is 0.497 e. The highest BCUT2D eigenvalue weighted by molar-refractivity contribution is 5.79. The van der Waals surface area contributed by atoms with Crippen molar-refractivity contribution in [1.29, 1.82) is 0 Å². The van der Waals surface area contributed by atoms with E-state index < -0.39 is 0 Å². The number of rotatable bonds is 6. The van der Waals surface area contributed by atoms with Gasteiger partial charge >= 0.3 is 0 Å². The molecule has 0 aliphatic carbocycles. The van der Waals surface area contributed by atoms with Gasteiger partial charge in [0.15, 0.2) is 0 Å². The maximum atomic E-state index is 12.9. The minimum absolute atomic E-state index is 0.157. The molecule has 178 valence electrons. The SMILES string of the molecule is COc1cccc(CC(=O)N2CCC3(CC2)CC(Cc2nc(-c4ccncc4)no2)CCO3)c1. The molecule has 0 N–H and O–H groups in total. The molecule has 1 spiro atoms. The predicted molar refractivity (Wildman–Crippen MR) is 125 cm³/mol. The molecule has 2 fully saturated rings. The lowest BCUT2D eigenvalue weighted by molar-refractivity contribution is -0.146. The van der Waals surface area contributed by atoms with Crippen LogP contribution >= 0.6 is 0 Å². The number of pyridine rings is 1. The molecule has 2 aliphatic rings. The van der Waals surface area contributed by atoms with E-state index in [-0.39, 0.29) is 11.5 Å². The van der Waals surface area contributed by atoms with Crippen molar-refractivity contribution in [3.8, 4) is 17.1 Å². The molecule has 0 radical (unpaired) electrons. The second-order valence-electron chi connectivity index (χ2n) is 9.25. The number of aromatic nitrogens is 3. The van der Waals surface area contributed by atoms with Crippen LogP contribution < -0.4 is 4.74 Å². The van der Waals surface area contributed by atoms with Gasteiger partial charge in [0.05, 0.1) is 19.1 Å². The Balaban J connectivity index is 1.15. The van der Waals surface area contributed by atoms with Gasteiger partial charge in [0, 0.05) is 44.1 Å². The Kier molecular flexibility index (Phi) is 6.58. The maximum absolute atomic E-state index is 12.9. The van der Waals surface area contributed by atoms with Crippen LogP contribution in [0.5, 0.6) is 5.75 Å². The van der Waals surface area contributed by atoms with Crippen molar-refractivity contribution in [2.45, 2.75) is 44.1 Å². The van der Waals surface area contributed by atoms with Crippen molar-refractivity contribution in [2.24, 2.45) is 5.92 Å². The molecule has 5 rings (SSSR count). The molecule has 1 aromatic carbocycles. The third kappa shape index (κ3) is 5.12. The van der Waals surface area contributed by atoms with Gasteiger partial charge in [-0.2, -0.15) is 4.98 Å². The summed E-state index contributed by atoms with van der Waals surface area (Å²) in [5, 5.41) is 4.13. The number of nitrogens with zero attached hydrogens (tertiary/aromatic N) is 4. The van der Waals surface area contributed by atoms with E-state index in [4.69, 9.17) is 14.0 Å². The molecular weight excluding hydrogens is 432 g/mol. The van der Waals surface area contributed by atoms with Crippen LogP contribution in [-0.4, -0.2) is 58.3 Å². The first-order valence-electron chi connectivity index (χ1n) is 11.9. The summed E-state index contributed by atoms with van der Waals surface area (Å²) in [4.78, 5) is 23.5. The Hall–Kier alpha value is -3.26. The molecule has 2 aromatic heterocycles. The molecule has 2 aliphatic heterocycles. The molecule has 8 heteroatoms. The normalized spacial score (nSPS) is 19.8. The van der Waals surface area contributed by atoms with Crippen molar-refractivity contribution < 1.29 is 18.8 Å². The summed E-state index contributed by atoms with van der Waals surface area (Å²) in [6, 6.07) is 11.5. The van der Waals surface area contributed by atoms with Gasteiger partial charge in [0.1, 0.15) is 5.75 Å². The molecule has 4 heterocycles. The van der Waals surface area contributed by atoms with Crippen LogP contribution in [0.4, 0.5) is 0 Å². The van der Waals surface area contributed by atoms with Crippen molar-refractivity contribution in [1.82, 2.24) is 20.0 Å². The Morgan fingerprint density at radius 3 is 2.82 bits per heavy atom. The standard InChI is InChI=1S/C26H30N4O4/c1-32-22-4-2-3-19(15-22)17-24(31)30-12-8-26(9-13-30)18-20(7-14-33-26)16-23-28-25(29-34-23)21-5-10-27-11-6-21/h2-6,10-11,15,20H,7-9,12-14,16-18H2,1H3. The van der Waals surface area contributed by atoms with Gasteiger partial charge in [-0.05, 0) is 61.4 Å². The Morgan fingerprint density at radius 1 is 1.21 bits per heavy atom. The fourth-order valence-corrected chi connectivity index (χ4v) is 5.09. The van der Waals surface area contributed by atoms with Crippen molar-refractivity contribution in [3.05, 3.63) is 60.2 Å². The van der Waals surface area contributed by atoms with Crippen molar-refractivity contribution >= 4 is 5.91 Å². The highest BCUT2D eigenvalue weighted by Crippen LogP contribution is 2.39. The number of benzene rings is 1. The average molecular weight is 463 g/mol. The fourth-order valence-electron chi connectivity index (χ4n) is 5.09. The first kappa shape index (κ1) is 22.5. The summed E-state index contributed by atoms with van der Waals surface area (Å²) in [5.41, 5.74) is 1.72. The third-order valence-electron chi connectivity index (χ3n) is 6.98. The molecule has 2 saturated heterocycles. The highest BCUT2D eigenvalue weighted by atomic mass is 16.5. The number of hydrogen-bond donors (Lipinski definition) is 0. The smallest absolute Gasteiger partial charge is 0.227 e. The lowest BCUT2D eigenvalue weighted by atomic mass is 9.78. The first-order valence-corrected chi connectivity index (χ1v) is 11.9. The van der Waals surface area contributed by atoms with Gasteiger partial charge < -0.3 is 18.9 Å². The number of methoxy groups -OCH3 is 1. The Bertz CT molecular complexity index is 1110.